The lowest BCUT2D eigenvalue weighted by molar-refractivity contribution is -0.135. The predicted octanol–water partition coefficient (Wildman–Crippen LogP) is 1.69. The maximum absolute atomic E-state index is 12.1. The molecule has 5 nitrogen and oxygen atoms in total. The number of piperazine rings is 1. The molecule has 1 aromatic carbocycles. The summed E-state index contributed by atoms with van der Waals surface area (Å²) in [6.45, 7) is 7.17. The molecule has 0 bridgehead atoms. The number of hydrogen-bond donors (Lipinski definition) is 2. The van der Waals surface area contributed by atoms with Gasteiger partial charge in [-0.3, -0.25) is 14.9 Å². The van der Waals surface area contributed by atoms with E-state index < -0.39 is 5.54 Å². The van der Waals surface area contributed by atoms with Crippen molar-refractivity contribution < 1.29 is 9.59 Å². The van der Waals surface area contributed by atoms with E-state index in [1.807, 2.05) is 19.1 Å². The van der Waals surface area contributed by atoms with E-state index in [0.29, 0.717) is 11.6 Å². The molecule has 1 saturated heterocycles. The van der Waals surface area contributed by atoms with Gasteiger partial charge in [-0.25, -0.2) is 0 Å². The van der Waals surface area contributed by atoms with Crippen molar-refractivity contribution in [2.45, 2.75) is 32.9 Å². The standard InChI is InChI=1S/C15H20ClN3O2/c1-4-17-8-10-6-5-7-11(16)13(10)19-9-12(20)18-14(21)15(19,2)3/h5-7,17H,4,8-9H2,1-3H3,(H,18,20,21). The molecular weight excluding hydrogens is 290 g/mol. The van der Waals surface area contributed by atoms with Crippen LogP contribution in [0.5, 0.6) is 0 Å². The SMILES string of the molecule is CCNCc1cccc(Cl)c1N1CC(=O)NC(=O)C1(C)C. The summed E-state index contributed by atoms with van der Waals surface area (Å²) in [5.74, 6) is -0.623. The second-order valence-corrected chi connectivity index (χ2v) is 5.96. The molecule has 2 rings (SSSR count). The van der Waals surface area contributed by atoms with Crippen LogP contribution in [0.4, 0.5) is 5.69 Å². The lowest BCUT2D eigenvalue weighted by Crippen LogP contribution is -2.64. The molecule has 1 heterocycles. The van der Waals surface area contributed by atoms with E-state index in [9.17, 15) is 9.59 Å². The Bertz CT molecular complexity index is 572. The minimum Gasteiger partial charge on any atom is -0.347 e. The van der Waals surface area contributed by atoms with Crippen LogP contribution in [0.2, 0.25) is 5.02 Å². The van der Waals surface area contributed by atoms with Gasteiger partial charge in [-0.15, -0.1) is 0 Å². The largest absolute Gasteiger partial charge is 0.347 e. The molecule has 1 aliphatic heterocycles. The van der Waals surface area contributed by atoms with Crippen molar-refractivity contribution in [3.8, 4) is 0 Å². The van der Waals surface area contributed by atoms with Crippen LogP contribution in [0, 0.1) is 0 Å². The second-order valence-electron chi connectivity index (χ2n) is 5.55. The summed E-state index contributed by atoms with van der Waals surface area (Å²) in [5.41, 5.74) is 0.883. The smallest absolute Gasteiger partial charge is 0.251 e. The third-order valence-electron chi connectivity index (χ3n) is 3.69. The van der Waals surface area contributed by atoms with Gasteiger partial charge >= 0.3 is 0 Å². The highest BCUT2D eigenvalue weighted by atomic mass is 35.5. The molecule has 0 radical (unpaired) electrons. The van der Waals surface area contributed by atoms with Gasteiger partial charge in [-0.05, 0) is 32.0 Å². The number of carbonyl (C=O) groups is 2. The first-order valence-corrected chi connectivity index (χ1v) is 7.35. The van der Waals surface area contributed by atoms with Gasteiger partial charge in [-0.1, -0.05) is 30.7 Å². The highest BCUT2D eigenvalue weighted by molar-refractivity contribution is 6.33. The highest BCUT2D eigenvalue weighted by Crippen LogP contribution is 2.35. The van der Waals surface area contributed by atoms with Crippen molar-refractivity contribution in [2.75, 3.05) is 18.0 Å². The molecule has 2 N–H and O–H groups in total. The van der Waals surface area contributed by atoms with E-state index in [1.54, 1.807) is 24.8 Å². The Kier molecular flexibility index (Phi) is 4.54. The van der Waals surface area contributed by atoms with Gasteiger partial charge in [0.05, 0.1) is 17.3 Å². The second kappa shape index (κ2) is 6.03. The molecule has 0 unspecified atom stereocenters. The molecule has 0 spiro atoms. The Hall–Kier alpha value is -1.59. The zero-order chi connectivity index (χ0) is 15.6. The number of rotatable bonds is 4. The first kappa shape index (κ1) is 15.8. The number of amides is 2. The number of anilines is 1. The fourth-order valence-corrected chi connectivity index (χ4v) is 2.70. The summed E-state index contributed by atoms with van der Waals surface area (Å²) >= 11 is 6.35. The van der Waals surface area contributed by atoms with Gasteiger partial charge in [0, 0.05) is 6.54 Å². The maximum Gasteiger partial charge on any atom is 0.251 e. The van der Waals surface area contributed by atoms with Gasteiger partial charge < -0.3 is 10.2 Å². The van der Waals surface area contributed by atoms with Gasteiger partial charge in [-0.2, -0.15) is 0 Å². The summed E-state index contributed by atoms with van der Waals surface area (Å²) in [6, 6.07) is 5.60. The van der Waals surface area contributed by atoms with Gasteiger partial charge in [0.1, 0.15) is 5.54 Å². The van der Waals surface area contributed by atoms with Crippen molar-refractivity contribution in [3.63, 3.8) is 0 Å². The van der Waals surface area contributed by atoms with Crippen LogP contribution in [0.3, 0.4) is 0 Å². The molecule has 6 heteroatoms. The first-order chi connectivity index (χ1) is 9.87. The number of carbonyl (C=O) groups excluding carboxylic acids is 2. The number of imide groups is 1. The third-order valence-corrected chi connectivity index (χ3v) is 4.00. The molecule has 114 valence electrons. The van der Waals surface area contributed by atoms with Crippen LogP contribution >= 0.6 is 11.6 Å². The average molecular weight is 310 g/mol. The van der Waals surface area contributed by atoms with E-state index in [-0.39, 0.29) is 18.4 Å². The van der Waals surface area contributed by atoms with Gasteiger partial charge in [0.15, 0.2) is 0 Å². The number of halogens is 1. The molecule has 0 aliphatic carbocycles. The van der Waals surface area contributed by atoms with Crippen molar-refractivity contribution in [3.05, 3.63) is 28.8 Å². The summed E-state index contributed by atoms with van der Waals surface area (Å²) in [5, 5.41) is 6.17. The molecule has 21 heavy (non-hydrogen) atoms. The van der Waals surface area contributed by atoms with E-state index in [1.165, 1.54) is 0 Å². The fourth-order valence-electron chi connectivity index (χ4n) is 2.41. The third kappa shape index (κ3) is 3.04. The van der Waals surface area contributed by atoms with E-state index in [4.69, 9.17) is 11.6 Å². The Balaban J connectivity index is 2.48. The summed E-state index contributed by atoms with van der Waals surface area (Å²) in [6.07, 6.45) is 0. The van der Waals surface area contributed by atoms with Gasteiger partial charge in [0.2, 0.25) is 5.91 Å². The number of nitrogens with one attached hydrogen (secondary N) is 2. The monoisotopic (exact) mass is 309 g/mol. The van der Waals surface area contributed by atoms with Crippen molar-refractivity contribution in [2.24, 2.45) is 0 Å². The van der Waals surface area contributed by atoms with Crippen LogP contribution < -0.4 is 15.5 Å². The minimum absolute atomic E-state index is 0.113. The number of hydrogen-bond acceptors (Lipinski definition) is 4. The quantitative estimate of drug-likeness (QED) is 0.831. The van der Waals surface area contributed by atoms with Crippen LogP contribution in [0.25, 0.3) is 0 Å². The topological polar surface area (TPSA) is 61.4 Å². The molecule has 0 aromatic heterocycles. The normalized spacial score (nSPS) is 17.8. The highest BCUT2D eigenvalue weighted by Gasteiger charge is 2.42. The minimum atomic E-state index is -0.833. The van der Waals surface area contributed by atoms with Crippen molar-refractivity contribution >= 4 is 29.1 Å². The lowest BCUT2D eigenvalue weighted by atomic mass is 9.96. The number of benzene rings is 1. The molecule has 2 amide bonds. The zero-order valence-corrected chi connectivity index (χ0v) is 13.3. The van der Waals surface area contributed by atoms with E-state index in [2.05, 4.69) is 10.6 Å². The van der Waals surface area contributed by atoms with Crippen LogP contribution in [0.1, 0.15) is 26.3 Å². The Morgan fingerprint density at radius 1 is 1.38 bits per heavy atom. The Morgan fingerprint density at radius 3 is 2.76 bits per heavy atom. The summed E-state index contributed by atoms with van der Waals surface area (Å²) < 4.78 is 0. The molecule has 1 fully saturated rings. The molecule has 0 atom stereocenters. The van der Waals surface area contributed by atoms with E-state index >= 15 is 0 Å². The zero-order valence-electron chi connectivity index (χ0n) is 12.5. The maximum atomic E-state index is 12.1. The Labute approximate surface area is 129 Å². The number of nitrogens with zero attached hydrogens (tertiary/aromatic N) is 1. The predicted molar refractivity (Wildman–Crippen MR) is 83.4 cm³/mol. The van der Waals surface area contributed by atoms with Gasteiger partial charge in [0.25, 0.3) is 5.91 Å². The Morgan fingerprint density at radius 2 is 2.10 bits per heavy atom. The van der Waals surface area contributed by atoms with Crippen molar-refractivity contribution in [1.29, 1.82) is 0 Å². The summed E-state index contributed by atoms with van der Waals surface area (Å²) in [7, 11) is 0. The number of para-hydroxylation sites is 1. The molecular formula is C15H20ClN3O2. The van der Waals surface area contributed by atoms with Crippen molar-refractivity contribution in [1.82, 2.24) is 10.6 Å². The molecule has 1 aliphatic rings. The molecule has 0 saturated carbocycles. The van der Waals surface area contributed by atoms with E-state index in [0.717, 1.165) is 17.8 Å². The average Bonchev–Trinajstić information content (AvgIpc) is 2.41. The lowest BCUT2D eigenvalue weighted by Gasteiger charge is -2.43. The molecule has 1 aromatic rings. The summed E-state index contributed by atoms with van der Waals surface area (Å²) in [4.78, 5) is 25.6. The fraction of sp³-hybridized carbons (Fsp3) is 0.467. The van der Waals surface area contributed by atoms with Crippen LogP contribution in [-0.4, -0.2) is 30.4 Å². The first-order valence-electron chi connectivity index (χ1n) is 6.98. The van der Waals surface area contributed by atoms with Crippen LogP contribution in [-0.2, 0) is 16.1 Å². The van der Waals surface area contributed by atoms with Crippen LogP contribution in [0.15, 0.2) is 18.2 Å².